The minimum absolute atomic E-state index is 0.145. The Balaban J connectivity index is 1.66. The van der Waals surface area contributed by atoms with Gasteiger partial charge in [-0.1, -0.05) is 19.1 Å². The van der Waals surface area contributed by atoms with Crippen LogP contribution in [0.3, 0.4) is 0 Å². The maximum atomic E-state index is 12.5. The van der Waals surface area contributed by atoms with E-state index in [1.54, 1.807) is 30.3 Å². The van der Waals surface area contributed by atoms with Crippen LogP contribution in [0, 0.1) is 5.92 Å². The van der Waals surface area contributed by atoms with Crippen molar-refractivity contribution < 1.29 is 27.4 Å². The van der Waals surface area contributed by atoms with Gasteiger partial charge in [0.2, 0.25) is 11.7 Å². The Hall–Kier alpha value is -3.27. The molecule has 2 aromatic carbocycles. The molecule has 0 saturated heterocycles. The molecule has 10 heteroatoms. The van der Waals surface area contributed by atoms with Crippen LogP contribution in [0.2, 0.25) is 0 Å². The summed E-state index contributed by atoms with van der Waals surface area (Å²) in [6, 6.07) is 9.86. The zero-order valence-corrected chi connectivity index (χ0v) is 18.6. The monoisotopic (exact) mass is 447 g/mol. The molecule has 1 atom stereocenters. The first-order valence-corrected chi connectivity index (χ1v) is 11.0. The Kier molecular flexibility index (Phi) is 6.69. The molecule has 0 spiro atoms. The molecule has 1 aliphatic heterocycles. The molecule has 0 saturated carbocycles. The first kappa shape index (κ1) is 22.4. The number of para-hydroxylation sites is 1. The van der Waals surface area contributed by atoms with Gasteiger partial charge in [0, 0.05) is 30.7 Å². The molecule has 1 aliphatic rings. The molecule has 1 amide bonds. The number of methoxy groups -OCH3 is 3. The van der Waals surface area contributed by atoms with Crippen molar-refractivity contribution in [3.8, 4) is 17.2 Å². The van der Waals surface area contributed by atoms with Crippen LogP contribution in [-0.4, -0.2) is 41.5 Å². The molecular formula is C21H25N3O6S. The molecule has 0 aliphatic carbocycles. The van der Waals surface area contributed by atoms with E-state index in [9.17, 15) is 13.2 Å². The Morgan fingerprint density at radius 3 is 2.35 bits per heavy atom. The fourth-order valence-corrected chi connectivity index (χ4v) is 4.50. The predicted octanol–water partition coefficient (Wildman–Crippen LogP) is 3.28. The number of amides is 1. The van der Waals surface area contributed by atoms with Crippen LogP contribution in [0.25, 0.3) is 0 Å². The van der Waals surface area contributed by atoms with Crippen LogP contribution in [0.1, 0.15) is 19.8 Å². The number of hydrogen-bond acceptors (Lipinski definition) is 7. The normalized spacial score (nSPS) is 15.0. The Bertz CT molecular complexity index is 1090. The fourth-order valence-electron chi connectivity index (χ4n) is 3.34. The van der Waals surface area contributed by atoms with Crippen molar-refractivity contribution in [3.05, 3.63) is 36.4 Å². The first-order valence-electron chi connectivity index (χ1n) is 9.57. The average Bonchev–Trinajstić information content (AvgIpc) is 2.72. The predicted molar refractivity (Wildman–Crippen MR) is 118 cm³/mol. The standard InChI is InChI=1S/C21H25N3O6S/c1-13(9-19-23-15-7-5-6-8-18(15)31(26,27)24-19)10-20(25)22-14-11-16(28-2)21(30-4)17(12-14)29-3/h5-8,11-13H,9-10H2,1-4H3,(H,22,25)(H,23,24). The van der Waals surface area contributed by atoms with Gasteiger partial charge >= 0.3 is 0 Å². The van der Waals surface area contributed by atoms with Crippen molar-refractivity contribution in [1.29, 1.82) is 0 Å². The molecule has 166 valence electrons. The zero-order chi connectivity index (χ0) is 22.6. The van der Waals surface area contributed by atoms with Crippen LogP contribution in [0.4, 0.5) is 11.4 Å². The van der Waals surface area contributed by atoms with Crippen molar-refractivity contribution in [2.75, 3.05) is 32.0 Å². The number of sulfonamides is 1. The quantitative estimate of drug-likeness (QED) is 0.638. The molecule has 1 heterocycles. The van der Waals surface area contributed by atoms with E-state index in [0.29, 0.717) is 40.9 Å². The van der Waals surface area contributed by atoms with E-state index in [4.69, 9.17) is 14.2 Å². The summed E-state index contributed by atoms with van der Waals surface area (Å²) in [5, 5.41) is 5.85. The number of anilines is 2. The number of carbonyl (C=O) groups excluding carboxylic acids is 1. The molecule has 2 aromatic rings. The number of nitrogens with one attached hydrogen (secondary N) is 2. The molecule has 3 rings (SSSR count). The molecule has 2 N–H and O–H groups in total. The lowest BCUT2D eigenvalue weighted by atomic mass is 10.0. The number of ether oxygens (including phenoxy) is 3. The van der Waals surface area contributed by atoms with Gasteiger partial charge in [-0.3, -0.25) is 4.79 Å². The minimum Gasteiger partial charge on any atom is -0.493 e. The lowest BCUT2D eigenvalue weighted by Crippen LogP contribution is -2.25. The van der Waals surface area contributed by atoms with Crippen LogP contribution < -0.4 is 24.8 Å². The topological polar surface area (TPSA) is 115 Å². The van der Waals surface area contributed by atoms with Gasteiger partial charge in [0.25, 0.3) is 10.0 Å². The maximum absolute atomic E-state index is 12.5. The van der Waals surface area contributed by atoms with Gasteiger partial charge < -0.3 is 24.8 Å². The molecular weight excluding hydrogens is 422 g/mol. The molecule has 0 bridgehead atoms. The molecule has 0 fully saturated rings. The van der Waals surface area contributed by atoms with Crippen molar-refractivity contribution in [1.82, 2.24) is 0 Å². The second-order valence-corrected chi connectivity index (χ2v) is 8.68. The molecule has 1 unspecified atom stereocenters. The summed E-state index contributed by atoms with van der Waals surface area (Å²) in [4.78, 5) is 12.7. The van der Waals surface area contributed by atoms with E-state index in [2.05, 4.69) is 15.0 Å². The number of benzene rings is 2. The summed E-state index contributed by atoms with van der Waals surface area (Å²) in [7, 11) is 0.740. The van der Waals surface area contributed by atoms with E-state index in [0.717, 1.165) is 0 Å². The number of rotatable bonds is 8. The number of hydrogen-bond donors (Lipinski definition) is 2. The van der Waals surface area contributed by atoms with Crippen LogP contribution >= 0.6 is 0 Å². The molecule has 0 aromatic heterocycles. The van der Waals surface area contributed by atoms with Gasteiger partial charge in [-0.25, -0.2) is 0 Å². The van der Waals surface area contributed by atoms with Gasteiger partial charge in [-0.2, -0.15) is 8.42 Å². The highest BCUT2D eigenvalue weighted by Crippen LogP contribution is 2.40. The van der Waals surface area contributed by atoms with E-state index in [1.807, 2.05) is 6.92 Å². The summed E-state index contributed by atoms with van der Waals surface area (Å²) in [5.74, 6) is 1.20. The van der Waals surface area contributed by atoms with E-state index in [-0.39, 0.29) is 23.1 Å². The van der Waals surface area contributed by atoms with E-state index < -0.39 is 10.0 Å². The van der Waals surface area contributed by atoms with Crippen molar-refractivity contribution in [2.24, 2.45) is 10.3 Å². The van der Waals surface area contributed by atoms with E-state index in [1.165, 1.54) is 27.4 Å². The summed E-state index contributed by atoms with van der Waals surface area (Å²) in [6.45, 7) is 1.85. The van der Waals surface area contributed by atoms with E-state index >= 15 is 0 Å². The Morgan fingerprint density at radius 2 is 1.74 bits per heavy atom. The van der Waals surface area contributed by atoms with Gasteiger partial charge in [0.1, 0.15) is 10.7 Å². The van der Waals surface area contributed by atoms with Gasteiger partial charge in [0.15, 0.2) is 11.5 Å². The highest BCUT2D eigenvalue weighted by molar-refractivity contribution is 7.90. The second kappa shape index (κ2) is 9.25. The third-order valence-electron chi connectivity index (χ3n) is 4.70. The number of amidine groups is 1. The molecule has 0 radical (unpaired) electrons. The summed E-state index contributed by atoms with van der Waals surface area (Å²) in [5.41, 5.74) is 0.984. The van der Waals surface area contributed by atoms with Crippen molar-refractivity contribution in [3.63, 3.8) is 0 Å². The SMILES string of the molecule is COc1cc(NC(=O)CC(C)CC2=NS(=O)(=O)c3ccccc3N2)cc(OC)c1OC. The zero-order valence-electron chi connectivity index (χ0n) is 17.8. The van der Waals surface area contributed by atoms with Crippen molar-refractivity contribution in [2.45, 2.75) is 24.7 Å². The number of carbonyl (C=O) groups is 1. The van der Waals surface area contributed by atoms with Crippen molar-refractivity contribution >= 4 is 33.1 Å². The first-order chi connectivity index (χ1) is 14.8. The lowest BCUT2D eigenvalue weighted by molar-refractivity contribution is -0.116. The number of nitrogens with zero attached hydrogens (tertiary/aromatic N) is 1. The smallest absolute Gasteiger partial charge is 0.286 e. The molecule has 9 nitrogen and oxygen atoms in total. The summed E-state index contributed by atoms with van der Waals surface area (Å²) < 4.78 is 44.4. The highest BCUT2D eigenvalue weighted by Gasteiger charge is 2.25. The van der Waals surface area contributed by atoms with Gasteiger partial charge in [-0.05, 0) is 18.1 Å². The minimum atomic E-state index is -3.75. The second-order valence-electron chi connectivity index (χ2n) is 7.11. The van der Waals surface area contributed by atoms with Crippen LogP contribution in [0.15, 0.2) is 45.7 Å². The molecule has 31 heavy (non-hydrogen) atoms. The lowest BCUT2D eigenvalue weighted by Gasteiger charge is -2.20. The highest BCUT2D eigenvalue weighted by atomic mass is 32.2. The summed E-state index contributed by atoms with van der Waals surface area (Å²) >= 11 is 0. The number of fused-ring (bicyclic) bond motifs is 1. The largest absolute Gasteiger partial charge is 0.493 e. The van der Waals surface area contributed by atoms with Gasteiger partial charge in [-0.15, -0.1) is 4.40 Å². The van der Waals surface area contributed by atoms with Crippen LogP contribution in [-0.2, 0) is 14.8 Å². The maximum Gasteiger partial charge on any atom is 0.286 e. The Morgan fingerprint density at radius 1 is 1.10 bits per heavy atom. The van der Waals surface area contributed by atoms with Crippen LogP contribution in [0.5, 0.6) is 17.2 Å². The third kappa shape index (κ3) is 5.08. The summed E-state index contributed by atoms with van der Waals surface area (Å²) in [6.07, 6.45) is 0.468. The van der Waals surface area contributed by atoms with Gasteiger partial charge in [0.05, 0.1) is 27.0 Å². The average molecular weight is 448 g/mol. The third-order valence-corrected chi connectivity index (χ3v) is 6.07. The fraction of sp³-hybridized carbons (Fsp3) is 0.333. The Labute approximate surface area is 181 Å².